The van der Waals surface area contributed by atoms with Crippen LogP contribution in [0.15, 0.2) is 114 Å². The summed E-state index contributed by atoms with van der Waals surface area (Å²) in [7, 11) is 0. The third kappa shape index (κ3) is 5.39. The lowest BCUT2D eigenvalue weighted by atomic mass is 9.79. The molecule has 0 fully saturated rings. The molecule has 0 radical (unpaired) electrons. The maximum Gasteiger partial charge on any atom is 0.149 e. The van der Waals surface area contributed by atoms with E-state index in [-0.39, 0.29) is 16.6 Å². The largest absolute Gasteiger partial charge is 0.507 e. The van der Waals surface area contributed by atoms with Crippen molar-refractivity contribution in [2.45, 2.75) is 66.2 Å². The zero-order valence-corrected chi connectivity index (χ0v) is 30.6. The van der Waals surface area contributed by atoms with Gasteiger partial charge in [-0.25, -0.2) is 4.98 Å². The fourth-order valence-electron chi connectivity index (χ4n) is 7.40. The number of benzene rings is 5. The predicted octanol–water partition coefficient (Wildman–Crippen LogP) is 12.2. The van der Waals surface area contributed by atoms with Crippen LogP contribution in [0.1, 0.15) is 63.8 Å². The molecule has 8 rings (SSSR count). The molecule has 0 spiro atoms. The van der Waals surface area contributed by atoms with Crippen LogP contribution < -0.4 is 0 Å². The molecule has 5 aromatic carbocycles. The second-order valence-corrected chi connectivity index (χ2v) is 15.8. The number of furan rings is 1. The number of fused-ring (bicyclic) bond motifs is 4. The number of hydrogen-bond acceptors (Lipinski definition) is 4. The van der Waals surface area contributed by atoms with E-state index in [0.29, 0.717) is 11.4 Å². The second-order valence-electron chi connectivity index (χ2n) is 15.8. The minimum Gasteiger partial charge on any atom is -0.507 e. The van der Waals surface area contributed by atoms with E-state index in [1.807, 2.05) is 42.6 Å². The Hall–Kier alpha value is -5.68. The summed E-state index contributed by atoms with van der Waals surface area (Å²) in [5, 5.41) is 14.3. The van der Waals surface area contributed by atoms with Crippen molar-refractivity contribution in [1.29, 1.82) is 0 Å². The van der Waals surface area contributed by atoms with Crippen molar-refractivity contribution in [3.63, 3.8) is 0 Å². The first-order valence-electron chi connectivity index (χ1n) is 17.6. The number of aromatic hydroxyl groups is 1. The number of aryl methyl sites for hydroxylation is 2. The molecule has 1 N–H and O–H groups in total. The minimum absolute atomic E-state index is 0.151. The van der Waals surface area contributed by atoms with Gasteiger partial charge in [-0.1, -0.05) is 102 Å². The number of hydrogen-bond donors (Lipinski definition) is 1. The van der Waals surface area contributed by atoms with Crippen molar-refractivity contribution in [2.75, 3.05) is 0 Å². The summed E-state index contributed by atoms with van der Waals surface area (Å²) in [5.74, 6) is 0.961. The Morgan fingerprint density at radius 1 is 0.667 bits per heavy atom. The zero-order valence-electron chi connectivity index (χ0n) is 30.6. The lowest BCUT2D eigenvalue weighted by Crippen LogP contribution is -2.17. The summed E-state index contributed by atoms with van der Waals surface area (Å²) >= 11 is 0. The van der Waals surface area contributed by atoms with Crippen molar-refractivity contribution in [2.24, 2.45) is 0 Å². The van der Waals surface area contributed by atoms with E-state index in [4.69, 9.17) is 14.4 Å². The fraction of sp³-hybridized carbons (Fsp3) is 0.217. The molecule has 0 aliphatic rings. The van der Waals surface area contributed by atoms with Crippen LogP contribution in [0.5, 0.6) is 5.75 Å². The highest BCUT2D eigenvalue weighted by Crippen LogP contribution is 2.46. The summed E-state index contributed by atoms with van der Waals surface area (Å²) in [6.45, 7) is 17.4. The molecule has 0 atom stereocenters. The standard InChI is InChI=1S/C46H43N3O2/c1-27-15-13-16-28(2)41(27)49-38-20-14-18-32(40(38)48-44(49)35-25-30(45(3,4)5)26-36(42(35)50)46(6,7)8)34-24-29(37-19-11-12-22-47-37)23-33-31-17-9-10-21-39(31)51-43(33)34/h9-26,50H,1-8H3. The molecule has 0 saturated heterocycles. The van der Waals surface area contributed by atoms with Gasteiger partial charge in [-0.15, -0.1) is 0 Å². The highest BCUT2D eigenvalue weighted by atomic mass is 16.3. The fourth-order valence-corrected chi connectivity index (χ4v) is 7.40. The lowest BCUT2D eigenvalue weighted by Gasteiger charge is -2.27. The summed E-state index contributed by atoms with van der Waals surface area (Å²) < 4.78 is 8.90. The molecule has 5 nitrogen and oxygen atoms in total. The third-order valence-electron chi connectivity index (χ3n) is 10.1. The first kappa shape index (κ1) is 32.5. The number of pyridine rings is 1. The second kappa shape index (κ2) is 11.7. The maximum absolute atomic E-state index is 12.2. The molecule has 8 aromatic rings. The number of nitrogens with zero attached hydrogens (tertiary/aromatic N) is 3. The number of imidazole rings is 1. The van der Waals surface area contributed by atoms with E-state index in [2.05, 4.69) is 127 Å². The average molecular weight is 670 g/mol. The Bertz CT molecular complexity index is 2610. The maximum atomic E-state index is 12.2. The molecule has 3 heterocycles. The first-order chi connectivity index (χ1) is 24.3. The Labute approximate surface area is 299 Å². The topological polar surface area (TPSA) is 64.1 Å². The van der Waals surface area contributed by atoms with Crippen LogP contribution in [0.25, 0.3) is 72.4 Å². The molecule has 0 aliphatic heterocycles. The zero-order chi connectivity index (χ0) is 35.8. The molecule has 3 aromatic heterocycles. The molecule has 5 heteroatoms. The van der Waals surface area contributed by atoms with Gasteiger partial charge in [-0.05, 0) is 83.8 Å². The Morgan fingerprint density at radius 3 is 2.10 bits per heavy atom. The minimum atomic E-state index is -0.292. The molecule has 0 amide bonds. The average Bonchev–Trinajstić information content (AvgIpc) is 3.66. The van der Waals surface area contributed by atoms with Gasteiger partial charge in [0, 0.05) is 39.2 Å². The first-order valence-corrected chi connectivity index (χ1v) is 17.6. The number of phenols is 1. The van der Waals surface area contributed by atoms with Gasteiger partial charge in [0.1, 0.15) is 22.7 Å². The number of rotatable bonds is 4. The normalized spacial score (nSPS) is 12.4. The highest BCUT2D eigenvalue weighted by molar-refractivity contribution is 6.13. The van der Waals surface area contributed by atoms with Gasteiger partial charge >= 0.3 is 0 Å². The van der Waals surface area contributed by atoms with Crippen LogP contribution >= 0.6 is 0 Å². The number of aromatic nitrogens is 3. The molecular formula is C46H43N3O2. The molecule has 254 valence electrons. The monoisotopic (exact) mass is 669 g/mol. The van der Waals surface area contributed by atoms with Crippen LogP contribution in [-0.4, -0.2) is 19.6 Å². The van der Waals surface area contributed by atoms with Gasteiger partial charge in [-0.2, -0.15) is 0 Å². The summed E-state index contributed by atoms with van der Waals surface area (Å²) in [6.07, 6.45) is 1.83. The van der Waals surface area contributed by atoms with Crippen LogP contribution in [-0.2, 0) is 10.8 Å². The van der Waals surface area contributed by atoms with Crippen molar-refractivity contribution < 1.29 is 9.52 Å². The van der Waals surface area contributed by atoms with Crippen LogP contribution in [0.3, 0.4) is 0 Å². The Kier molecular flexibility index (Phi) is 7.46. The van der Waals surface area contributed by atoms with Gasteiger partial charge in [0.05, 0.1) is 28.0 Å². The molecule has 0 aliphatic carbocycles. The van der Waals surface area contributed by atoms with E-state index < -0.39 is 0 Å². The van der Waals surface area contributed by atoms with E-state index in [1.54, 1.807) is 0 Å². The van der Waals surface area contributed by atoms with Gasteiger partial charge in [0.15, 0.2) is 0 Å². The van der Waals surface area contributed by atoms with Crippen molar-refractivity contribution in [3.05, 3.63) is 132 Å². The molecule has 0 saturated carbocycles. The van der Waals surface area contributed by atoms with E-state index >= 15 is 0 Å². The molecule has 0 unspecified atom stereocenters. The molecular weight excluding hydrogens is 627 g/mol. The summed E-state index contributed by atoms with van der Waals surface area (Å²) in [5.41, 5.74) is 12.8. The van der Waals surface area contributed by atoms with Crippen LogP contribution in [0.4, 0.5) is 0 Å². The summed E-state index contributed by atoms with van der Waals surface area (Å²) in [6, 6.07) is 35.6. The SMILES string of the molecule is Cc1cccc(C)c1-n1c(-c2cc(C(C)(C)C)cc(C(C)(C)C)c2O)nc2c(-c3cc(-c4ccccn4)cc4c3oc3ccccc34)cccc21. The molecule has 51 heavy (non-hydrogen) atoms. The highest BCUT2D eigenvalue weighted by Gasteiger charge is 2.29. The quantitative estimate of drug-likeness (QED) is 0.203. The van der Waals surface area contributed by atoms with Crippen molar-refractivity contribution >= 4 is 33.0 Å². The Balaban J connectivity index is 1.52. The predicted molar refractivity (Wildman–Crippen MR) is 211 cm³/mol. The number of phenolic OH excluding ortho intramolecular Hbond substituents is 1. The van der Waals surface area contributed by atoms with Crippen LogP contribution in [0.2, 0.25) is 0 Å². The van der Waals surface area contributed by atoms with Crippen molar-refractivity contribution in [3.8, 4) is 45.2 Å². The van der Waals surface area contributed by atoms with Gasteiger partial charge in [0.2, 0.25) is 0 Å². The third-order valence-corrected chi connectivity index (χ3v) is 10.1. The van der Waals surface area contributed by atoms with Gasteiger partial charge in [0.25, 0.3) is 0 Å². The Morgan fingerprint density at radius 2 is 1.39 bits per heavy atom. The van der Waals surface area contributed by atoms with Crippen LogP contribution in [0, 0.1) is 13.8 Å². The van der Waals surface area contributed by atoms with Gasteiger partial charge < -0.3 is 9.52 Å². The number of para-hydroxylation sites is 3. The van der Waals surface area contributed by atoms with Crippen molar-refractivity contribution in [1.82, 2.24) is 14.5 Å². The smallest absolute Gasteiger partial charge is 0.149 e. The van der Waals surface area contributed by atoms with E-state index in [0.717, 1.165) is 83.3 Å². The molecule has 0 bridgehead atoms. The summed E-state index contributed by atoms with van der Waals surface area (Å²) in [4.78, 5) is 10.3. The lowest BCUT2D eigenvalue weighted by molar-refractivity contribution is 0.446. The van der Waals surface area contributed by atoms with Gasteiger partial charge in [-0.3, -0.25) is 9.55 Å². The van der Waals surface area contributed by atoms with E-state index in [9.17, 15) is 5.11 Å². The van der Waals surface area contributed by atoms with E-state index in [1.165, 1.54) is 0 Å².